The molecule has 0 bridgehead atoms. The Morgan fingerprint density at radius 3 is 1.54 bits per heavy atom. The van der Waals surface area contributed by atoms with Gasteiger partial charge in [0, 0.05) is 21.9 Å². The summed E-state index contributed by atoms with van der Waals surface area (Å²) in [5, 5.41) is 2.50. The van der Waals surface area contributed by atoms with Gasteiger partial charge in [-0.2, -0.15) is 0 Å². The van der Waals surface area contributed by atoms with Crippen LogP contribution in [0, 0.1) is 0 Å². The highest BCUT2D eigenvalue weighted by Crippen LogP contribution is 2.45. The molecule has 174 valence electrons. The van der Waals surface area contributed by atoms with E-state index in [1.165, 1.54) is 60.8 Å². The number of aromatic amines is 1. The van der Waals surface area contributed by atoms with Crippen LogP contribution in [0.1, 0.15) is 0 Å². The van der Waals surface area contributed by atoms with Gasteiger partial charge < -0.3 is 4.98 Å². The molecule has 7 rings (SSSR count). The zero-order valence-electron chi connectivity index (χ0n) is 20.4. The monoisotopic (exact) mass is 471 g/mol. The Balaban J connectivity index is 1.57. The van der Waals surface area contributed by atoms with Gasteiger partial charge >= 0.3 is 0 Å². The summed E-state index contributed by atoms with van der Waals surface area (Å²) in [6.45, 7) is 0. The van der Waals surface area contributed by atoms with Gasteiger partial charge in [0.2, 0.25) is 0 Å². The van der Waals surface area contributed by atoms with Gasteiger partial charge in [0.15, 0.2) is 0 Å². The fraction of sp³-hybridized carbons (Fsp3) is 0. The maximum Gasteiger partial charge on any atom is 0.0551 e. The van der Waals surface area contributed by atoms with Crippen LogP contribution in [0.15, 0.2) is 146 Å². The van der Waals surface area contributed by atoms with Gasteiger partial charge in [0.05, 0.1) is 5.52 Å². The van der Waals surface area contributed by atoms with Crippen molar-refractivity contribution < 1.29 is 0 Å². The standard InChI is InChI=1S/C36H25N/c1-3-13-25(14-4-1)27-17-7-8-18-29(27)30-19-9-10-21-32(30)35-28(26-15-5-2-6-16-26)23-24-33-31-20-11-12-22-34(31)37-36(33)35/h1-24,37H. The molecule has 0 aliphatic rings. The number of fused-ring (bicyclic) bond motifs is 3. The lowest BCUT2D eigenvalue weighted by Gasteiger charge is -2.18. The number of aromatic nitrogens is 1. The molecular weight excluding hydrogens is 446 g/mol. The third kappa shape index (κ3) is 3.64. The Hall–Kier alpha value is -4.88. The lowest BCUT2D eigenvalue weighted by atomic mass is 9.85. The quantitative estimate of drug-likeness (QED) is 0.263. The summed E-state index contributed by atoms with van der Waals surface area (Å²) in [6, 6.07) is 52.1. The van der Waals surface area contributed by atoms with Crippen LogP contribution in [0.4, 0.5) is 0 Å². The summed E-state index contributed by atoms with van der Waals surface area (Å²) in [7, 11) is 0. The minimum Gasteiger partial charge on any atom is -0.354 e. The Labute approximate surface area is 216 Å². The second kappa shape index (κ2) is 8.96. The second-order valence-electron chi connectivity index (χ2n) is 9.40. The van der Waals surface area contributed by atoms with Crippen LogP contribution in [-0.4, -0.2) is 4.98 Å². The molecule has 37 heavy (non-hydrogen) atoms. The molecule has 1 heteroatoms. The molecular formula is C36H25N. The average Bonchev–Trinajstić information content (AvgIpc) is 3.36. The third-order valence-electron chi connectivity index (χ3n) is 7.27. The summed E-state index contributed by atoms with van der Waals surface area (Å²) in [5.74, 6) is 0. The van der Waals surface area contributed by atoms with E-state index in [-0.39, 0.29) is 0 Å². The molecule has 1 nitrogen and oxygen atoms in total. The van der Waals surface area contributed by atoms with Crippen molar-refractivity contribution in [2.24, 2.45) is 0 Å². The first-order valence-corrected chi connectivity index (χ1v) is 12.7. The Kier molecular flexibility index (Phi) is 5.19. The maximum atomic E-state index is 3.78. The Morgan fingerprint density at radius 2 is 0.838 bits per heavy atom. The van der Waals surface area contributed by atoms with E-state index in [0.29, 0.717) is 0 Å². The predicted octanol–water partition coefficient (Wildman–Crippen LogP) is 9.99. The van der Waals surface area contributed by atoms with E-state index in [1.807, 2.05) is 0 Å². The zero-order valence-corrected chi connectivity index (χ0v) is 20.4. The van der Waals surface area contributed by atoms with E-state index >= 15 is 0 Å². The van der Waals surface area contributed by atoms with E-state index in [9.17, 15) is 0 Å². The first-order valence-electron chi connectivity index (χ1n) is 12.7. The highest BCUT2D eigenvalue weighted by Gasteiger charge is 2.19. The van der Waals surface area contributed by atoms with Crippen LogP contribution in [-0.2, 0) is 0 Å². The molecule has 0 spiro atoms. The normalized spacial score (nSPS) is 11.2. The number of hydrogen-bond acceptors (Lipinski definition) is 0. The highest BCUT2D eigenvalue weighted by molar-refractivity contribution is 6.16. The summed E-state index contributed by atoms with van der Waals surface area (Å²) in [4.78, 5) is 3.78. The van der Waals surface area contributed by atoms with Gasteiger partial charge in [-0.05, 0) is 45.0 Å². The van der Waals surface area contributed by atoms with Gasteiger partial charge in [0.25, 0.3) is 0 Å². The smallest absolute Gasteiger partial charge is 0.0551 e. The van der Waals surface area contributed by atoms with Gasteiger partial charge in [-0.1, -0.05) is 140 Å². The van der Waals surface area contributed by atoms with E-state index in [4.69, 9.17) is 0 Å². The van der Waals surface area contributed by atoms with Gasteiger partial charge in [0.1, 0.15) is 0 Å². The van der Waals surface area contributed by atoms with Gasteiger partial charge in [-0.25, -0.2) is 0 Å². The van der Waals surface area contributed by atoms with E-state index in [1.54, 1.807) is 0 Å². The largest absolute Gasteiger partial charge is 0.354 e. The highest BCUT2D eigenvalue weighted by atomic mass is 14.7. The van der Waals surface area contributed by atoms with Gasteiger partial charge in [-0.3, -0.25) is 0 Å². The third-order valence-corrected chi connectivity index (χ3v) is 7.27. The van der Waals surface area contributed by atoms with E-state index in [0.717, 1.165) is 5.52 Å². The molecule has 1 N–H and O–H groups in total. The second-order valence-corrected chi connectivity index (χ2v) is 9.40. The fourth-order valence-corrected chi connectivity index (χ4v) is 5.58. The lowest BCUT2D eigenvalue weighted by Crippen LogP contribution is -1.92. The van der Waals surface area contributed by atoms with E-state index < -0.39 is 0 Å². The molecule has 0 amide bonds. The van der Waals surface area contributed by atoms with Crippen molar-refractivity contribution in [2.45, 2.75) is 0 Å². The number of hydrogen-bond donors (Lipinski definition) is 1. The molecule has 6 aromatic carbocycles. The van der Waals surface area contributed by atoms with Crippen molar-refractivity contribution in [1.29, 1.82) is 0 Å². The molecule has 0 saturated carbocycles. The molecule has 0 unspecified atom stereocenters. The molecule has 0 aliphatic carbocycles. The molecule has 0 saturated heterocycles. The summed E-state index contributed by atoms with van der Waals surface area (Å²) >= 11 is 0. The average molecular weight is 472 g/mol. The predicted molar refractivity (Wildman–Crippen MR) is 158 cm³/mol. The Morgan fingerprint density at radius 1 is 0.324 bits per heavy atom. The fourth-order valence-electron chi connectivity index (χ4n) is 5.58. The SMILES string of the molecule is c1ccc(-c2ccccc2-c2ccccc2-c2c(-c3ccccc3)ccc3c2[nH]c2ccccc23)cc1. The van der Waals surface area contributed by atoms with Crippen molar-refractivity contribution in [3.05, 3.63) is 146 Å². The summed E-state index contributed by atoms with van der Waals surface area (Å²) < 4.78 is 0. The number of nitrogens with one attached hydrogen (secondary N) is 1. The molecule has 1 aromatic heterocycles. The first-order chi connectivity index (χ1) is 18.4. The molecule has 0 radical (unpaired) electrons. The van der Waals surface area contributed by atoms with Crippen LogP contribution in [0.5, 0.6) is 0 Å². The van der Waals surface area contributed by atoms with Crippen molar-refractivity contribution in [2.75, 3.05) is 0 Å². The minimum atomic E-state index is 1.16. The topological polar surface area (TPSA) is 15.8 Å². The molecule has 0 aliphatic heterocycles. The van der Waals surface area contributed by atoms with E-state index in [2.05, 4.69) is 151 Å². The zero-order chi connectivity index (χ0) is 24.6. The molecule has 1 heterocycles. The van der Waals surface area contributed by atoms with Crippen molar-refractivity contribution in [3.63, 3.8) is 0 Å². The molecule has 7 aromatic rings. The Bertz CT molecular complexity index is 1860. The molecule has 0 atom stereocenters. The van der Waals surface area contributed by atoms with Crippen molar-refractivity contribution in [1.82, 2.24) is 4.98 Å². The summed E-state index contributed by atoms with van der Waals surface area (Å²) in [5.41, 5.74) is 12.1. The number of para-hydroxylation sites is 1. The van der Waals surface area contributed by atoms with Crippen molar-refractivity contribution in [3.8, 4) is 44.5 Å². The lowest BCUT2D eigenvalue weighted by molar-refractivity contribution is 1.52. The molecule has 0 fully saturated rings. The van der Waals surface area contributed by atoms with Crippen LogP contribution in [0.2, 0.25) is 0 Å². The number of rotatable bonds is 4. The summed E-state index contributed by atoms with van der Waals surface area (Å²) in [6.07, 6.45) is 0. The minimum absolute atomic E-state index is 1.16. The number of H-pyrrole nitrogens is 1. The van der Waals surface area contributed by atoms with Crippen LogP contribution in [0.3, 0.4) is 0 Å². The maximum absolute atomic E-state index is 3.78. The van der Waals surface area contributed by atoms with Crippen molar-refractivity contribution >= 4 is 21.8 Å². The van der Waals surface area contributed by atoms with Crippen LogP contribution in [0.25, 0.3) is 66.3 Å². The van der Waals surface area contributed by atoms with Crippen LogP contribution < -0.4 is 0 Å². The van der Waals surface area contributed by atoms with Crippen LogP contribution >= 0.6 is 0 Å². The first kappa shape index (κ1) is 21.4. The number of benzene rings is 6. The van der Waals surface area contributed by atoms with Gasteiger partial charge in [-0.15, -0.1) is 0 Å².